The summed E-state index contributed by atoms with van der Waals surface area (Å²) < 4.78 is 5.65. The van der Waals surface area contributed by atoms with Crippen LogP contribution in [-0.2, 0) is 20.9 Å². The number of carbonyl (C=O) groups excluding carboxylic acids is 2. The molecule has 2 atom stereocenters. The molecule has 0 radical (unpaired) electrons. The Hall–Kier alpha value is -2.36. The maximum Gasteiger partial charge on any atom is 0.246 e. The van der Waals surface area contributed by atoms with Gasteiger partial charge in [-0.2, -0.15) is 0 Å². The Morgan fingerprint density at radius 3 is 2.73 bits per heavy atom. The van der Waals surface area contributed by atoms with Crippen LogP contribution in [0.2, 0.25) is 0 Å². The van der Waals surface area contributed by atoms with E-state index in [1.54, 1.807) is 6.92 Å². The highest BCUT2D eigenvalue weighted by Crippen LogP contribution is 2.06. The summed E-state index contributed by atoms with van der Waals surface area (Å²) >= 11 is 0. The first-order valence-electron chi connectivity index (χ1n) is 6.97. The highest BCUT2D eigenvalue weighted by molar-refractivity contribution is 5.84. The van der Waals surface area contributed by atoms with E-state index in [-0.39, 0.29) is 19.0 Å². The fourth-order valence-electron chi connectivity index (χ4n) is 1.77. The van der Waals surface area contributed by atoms with Gasteiger partial charge in [-0.15, -0.1) is 0 Å². The zero-order valence-corrected chi connectivity index (χ0v) is 12.5. The number of carbonyl (C=O) groups is 2. The monoisotopic (exact) mass is 303 g/mol. The van der Waals surface area contributed by atoms with Gasteiger partial charge in [0.1, 0.15) is 6.04 Å². The van der Waals surface area contributed by atoms with Gasteiger partial charge in [0.2, 0.25) is 12.3 Å². The normalized spacial score (nSPS) is 12.5. The Morgan fingerprint density at radius 2 is 2.09 bits per heavy atom. The number of amides is 2. The molecule has 22 heavy (non-hydrogen) atoms. The van der Waals surface area contributed by atoms with Gasteiger partial charge in [0.25, 0.3) is 0 Å². The molecular weight excluding hydrogens is 282 g/mol. The summed E-state index contributed by atoms with van der Waals surface area (Å²) in [5, 5.41) is 5.08. The highest BCUT2D eigenvalue weighted by Gasteiger charge is 2.24. The quantitative estimate of drug-likeness (QED) is 0.457. The molecule has 0 saturated heterocycles. The molecule has 4 N–H and O–H groups in total. The van der Waals surface area contributed by atoms with Crippen molar-refractivity contribution in [3.8, 4) is 11.8 Å². The van der Waals surface area contributed by atoms with Crippen LogP contribution in [0.3, 0.4) is 0 Å². The summed E-state index contributed by atoms with van der Waals surface area (Å²) in [6, 6.07) is 8.82. The lowest BCUT2D eigenvalue weighted by molar-refractivity contribution is -0.129. The summed E-state index contributed by atoms with van der Waals surface area (Å²) in [4.78, 5) is 22.7. The van der Waals surface area contributed by atoms with E-state index in [1.165, 1.54) is 0 Å². The Kier molecular flexibility index (Phi) is 8.35. The topological polar surface area (TPSA) is 93.4 Å². The average Bonchev–Trinajstić information content (AvgIpc) is 2.55. The molecule has 1 rings (SSSR count). The third-order valence-electron chi connectivity index (χ3n) is 2.93. The lowest BCUT2D eigenvalue weighted by Crippen LogP contribution is -2.50. The lowest BCUT2D eigenvalue weighted by atomic mass is 10.1. The number of benzene rings is 1. The molecule has 0 fully saturated rings. The highest BCUT2D eigenvalue weighted by atomic mass is 16.5. The van der Waals surface area contributed by atoms with E-state index < -0.39 is 12.1 Å². The lowest BCUT2D eigenvalue weighted by Gasteiger charge is -2.22. The molecule has 0 bridgehead atoms. The zero-order chi connectivity index (χ0) is 16.2. The third kappa shape index (κ3) is 6.39. The average molecular weight is 303 g/mol. The molecule has 0 aliphatic heterocycles. The van der Waals surface area contributed by atoms with Crippen molar-refractivity contribution in [3.05, 3.63) is 35.9 Å². The van der Waals surface area contributed by atoms with Gasteiger partial charge in [-0.05, 0) is 12.5 Å². The Bertz CT molecular complexity index is 522. The van der Waals surface area contributed by atoms with Crippen molar-refractivity contribution in [2.24, 2.45) is 5.73 Å². The first-order chi connectivity index (χ1) is 10.7. The fourth-order valence-corrected chi connectivity index (χ4v) is 1.77. The predicted octanol–water partition coefficient (Wildman–Crippen LogP) is -0.215. The van der Waals surface area contributed by atoms with Crippen molar-refractivity contribution in [2.45, 2.75) is 25.7 Å². The maximum absolute atomic E-state index is 12.0. The molecule has 0 aromatic heterocycles. The number of hydrogen-bond donors (Lipinski definition) is 3. The standard InChI is InChI=1S/C16H21N3O3/c1-13(22-11-14-7-3-2-4-8-14)15(19-12-20)16(21)18-10-6-5-9-17/h2-4,7-8,12-13,15H,9-11,17H2,1H3,(H,18,21)(H,19,20). The first kappa shape index (κ1) is 17.7. The second-order valence-electron chi connectivity index (χ2n) is 4.54. The van der Waals surface area contributed by atoms with Crippen molar-refractivity contribution in [3.63, 3.8) is 0 Å². The van der Waals surface area contributed by atoms with Crippen molar-refractivity contribution in [2.75, 3.05) is 13.1 Å². The minimum absolute atomic E-state index is 0.179. The maximum atomic E-state index is 12.0. The molecular formula is C16H21N3O3. The van der Waals surface area contributed by atoms with Crippen LogP contribution >= 0.6 is 0 Å². The molecule has 0 heterocycles. The van der Waals surface area contributed by atoms with Gasteiger partial charge in [0.15, 0.2) is 0 Å². The van der Waals surface area contributed by atoms with Gasteiger partial charge in [-0.25, -0.2) is 0 Å². The molecule has 0 aliphatic carbocycles. The summed E-state index contributed by atoms with van der Waals surface area (Å²) in [6.07, 6.45) is 0.00549. The molecule has 1 aromatic carbocycles. The minimum Gasteiger partial charge on any atom is -0.371 e. The fraction of sp³-hybridized carbons (Fsp3) is 0.375. The predicted molar refractivity (Wildman–Crippen MR) is 83.5 cm³/mol. The van der Waals surface area contributed by atoms with E-state index in [2.05, 4.69) is 22.5 Å². The summed E-state index contributed by atoms with van der Waals surface area (Å²) in [7, 11) is 0. The van der Waals surface area contributed by atoms with Crippen LogP contribution < -0.4 is 16.4 Å². The molecule has 118 valence electrons. The van der Waals surface area contributed by atoms with Gasteiger partial charge < -0.3 is 21.1 Å². The van der Waals surface area contributed by atoms with Crippen molar-refractivity contribution < 1.29 is 14.3 Å². The van der Waals surface area contributed by atoms with Gasteiger partial charge in [-0.1, -0.05) is 42.2 Å². The molecule has 6 heteroatoms. The zero-order valence-electron chi connectivity index (χ0n) is 12.5. The van der Waals surface area contributed by atoms with Crippen LogP contribution in [-0.4, -0.2) is 37.6 Å². The smallest absolute Gasteiger partial charge is 0.246 e. The van der Waals surface area contributed by atoms with Crippen LogP contribution in [0, 0.1) is 11.8 Å². The first-order valence-corrected chi connectivity index (χ1v) is 6.97. The van der Waals surface area contributed by atoms with Crippen LogP contribution in [0.4, 0.5) is 0 Å². The number of rotatable bonds is 8. The van der Waals surface area contributed by atoms with Crippen molar-refractivity contribution >= 4 is 12.3 Å². The van der Waals surface area contributed by atoms with E-state index >= 15 is 0 Å². The second-order valence-corrected chi connectivity index (χ2v) is 4.54. The van der Waals surface area contributed by atoms with Crippen molar-refractivity contribution in [1.29, 1.82) is 0 Å². The Balaban J connectivity index is 2.52. The van der Waals surface area contributed by atoms with Crippen molar-refractivity contribution in [1.82, 2.24) is 10.6 Å². The second kappa shape index (κ2) is 10.4. The molecule has 2 amide bonds. The van der Waals surface area contributed by atoms with E-state index in [0.717, 1.165) is 5.56 Å². The van der Waals surface area contributed by atoms with Crippen LogP contribution in [0.5, 0.6) is 0 Å². The summed E-state index contributed by atoms with van der Waals surface area (Å²) in [6.45, 7) is 2.51. The summed E-state index contributed by atoms with van der Waals surface area (Å²) in [5.74, 6) is 4.99. The van der Waals surface area contributed by atoms with Gasteiger partial charge >= 0.3 is 0 Å². The van der Waals surface area contributed by atoms with Crippen LogP contribution in [0.25, 0.3) is 0 Å². The Morgan fingerprint density at radius 1 is 1.36 bits per heavy atom. The van der Waals surface area contributed by atoms with Gasteiger partial charge in [-0.3, -0.25) is 9.59 Å². The van der Waals surface area contributed by atoms with E-state index in [9.17, 15) is 9.59 Å². The number of nitrogens with one attached hydrogen (secondary N) is 2. The molecule has 6 nitrogen and oxygen atoms in total. The largest absolute Gasteiger partial charge is 0.371 e. The molecule has 0 saturated carbocycles. The number of nitrogens with two attached hydrogens (primary N) is 1. The van der Waals surface area contributed by atoms with E-state index in [4.69, 9.17) is 10.5 Å². The molecule has 2 unspecified atom stereocenters. The van der Waals surface area contributed by atoms with Crippen LogP contribution in [0.15, 0.2) is 30.3 Å². The number of ether oxygens (including phenoxy) is 1. The van der Waals surface area contributed by atoms with E-state index in [0.29, 0.717) is 13.0 Å². The summed E-state index contributed by atoms with van der Waals surface area (Å²) in [5.41, 5.74) is 6.22. The van der Waals surface area contributed by atoms with Gasteiger partial charge in [0.05, 0.1) is 25.8 Å². The third-order valence-corrected chi connectivity index (χ3v) is 2.93. The minimum atomic E-state index is -0.777. The molecule has 0 spiro atoms. The van der Waals surface area contributed by atoms with E-state index in [1.807, 2.05) is 30.3 Å². The Labute approximate surface area is 130 Å². The molecule has 0 aliphatic rings. The molecule has 1 aromatic rings. The SMILES string of the molecule is CC(OCc1ccccc1)C(NC=O)C(=O)NCC#CCN. The van der Waals surface area contributed by atoms with Gasteiger partial charge in [0, 0.05) is 0 Å². The van der Waals surface area contributed by atoms with Crippen LogP contribution in [0.1, 0.15) is 12.5 Å². The number of hydrogen-bond acceptors (Lipinski definition) is 4.